The van der Waals surface area contributed by atoms with Crippen LogP contribution in [0.3, 0.4) is 0 Å². The van der Waals surface area contributed by atoms with Crippen molar-refractivity contribution in [3.05, 3.63) is 18.2 Å². The number of carbonyl (C=O) groups excluding carboxylic acids is 1. The van der Waals surface area contributed by atoms with Crippen molar-refractivity contribution in [2.24, 2.45) is 0 Å². The number of anilines is 1. The lowest BCUT2D eigenvalue weighted by atomic mass is 10.2. The Morgan fingerprint density at radius 1 is 1.22 bits per heavy atom. The molecule has 1 fully saturated rings. The Kier molecular flexibility index (Phi) is 7.19. The third-order valence-corrected chi connectivity index (χ3v) is 7.62. The highest BCUT2D eigenvalue weighted by Gasteiger charge is 2.22. The molecular formula is C19H29N3O3S2. The van der Waals surface area contributed by atoms with Crippen LogP contribution >= 0.6 is 11.8 Å². The molecule has 0 aromatic heterocycles. The Labute approximate surface area is 166 Å². The van der Waals surface area contributed by atoms with Crippen LogP contribution in [0.15, 0.2) is 28.0 Å². The Balaban J connectivity index is 1.57. The lowest BCUT2D eigenvalue weighted by Gasteiger charge is -2.19. The first-order chi connectivity index (χ1) is 12.9. The molecule has 1 unspecified atom stereocenters. The Morgan fingerprint density at radius 3 is 2.70 bits per heavy atom. The van der Waals surface area contributed by atoms with Crippen molar-refractivity contribution in [1.82, 2.24) is 9.62 Å². The summed E-state index contributed by atoms with van der Waals surface area (Å²) in [5.74, 6) is -0.0753. The van der Waals surface area contributed by atoms with Crippen LogP contribution in [0.5, 0.6) is 0 Å². The standard InChI is InChI=1S/C19H29N3O3S2/c1-15-13-19(23)21-17-14-16(7-8-18(17)26-15)27(24,25)20-9-6-12-22-10-4-2-3-5-11-22/h7-8,14-15,20H,2-6,9-13H2,1H3,(H,21,23). The number of hydrogen-bond donors (Lipinski definition) is 2. The lowest BCUT2D eigenvalue weighted by Crippen LogP contribution is -2.30. The average molecular weight is 412 g/mol. The highest BCUT2D eigenvalue weighted by atomic mass is 32.2. The summed E-state index contributed by atoms with van der Waals surface area (Å²) in [5.41, 5.74) is 0.585. The number of benzene rings is 1. The quantitative estimate of drug-likeness (QED) is 0.704. The molecule has 3 rings (SSSR count). The monoisotopic (exact) mass is 411 g/mol. The first-order valence-electron chi connectivity index (χ1n) is 9.76. The molecule has 27 heavy (non-hydrogen) atoms. The molecule has 2 aliphatic heterocycles. The molecule has 1 atom stereocenters. The molecule has 1 amide bonds. The van der Waals surface area contributed by atoms with E-state index in [0.717, 1.165) is 31.0 Å². The number of likely N-dealkylation sites (tertiary alicyclic amines) is 1. The second-order valence-corrected chi connectivity index (χ2v) is 10.6. The third kappa shape index (κ3) is 5.94. The Bertz CT molecular complexity index is 759. The van der Waals surface area contributed by atoms with Gasteiger partial charge in [-0.2, -0.15) is 0 Å². The summed E-state index contributed by atoms with van der Waals surface area (Å²) >= 11 is 1.59. The molecule has 0 spiro atoms. The summed E-state index contributed by atoms with van der Waals surface area (Å²) in [5, 5.41) is 2.99. The zero-order chi connectivity index (χ0) is 19.3. The van der Waals surface area contributed by atoms with E-state index in [1.165, 1.54) is 25.7 Å². The number of fused-ring (bicyclic) bond motifs is 1. The van der Waals surface area contributed by atoms with Gasteiger partial charge in [0, 0.05) is 23.1 Å². The predicted octanol–water partition coefficient (Wildman–Crippen LogP) is 3.05. The molecule has 2 N–H and O–H groups in total. The fourth-order valence-electron chi connectivity index (χ4n) is 3.55. The van der Waals surface area contributed by atoms with Gasteiger partial charge in [-0.1, -0.05) is 19.8 Å². The summed E-state index contributed by atoms with van der Waals surface area (Å²) < 4.78 is 27.9. The number of carbonyl (C=O) groups is 1. The van der Waals surface area contributed by atoms with Crippen molar-refractivity contribution in [1.29, 1.82) is 0 Å². The van der Waals surface area contributed by atoms with E-state index in [-0.39, 0.29) is 16.1 Å². The van der Waals surface area contributed by atoms with Gasteiger partial charge in [-0.05, 0) is 57.1 Å². The van der Waals surface area contributed by atoms with Crippen molar-refractivity contribution in [2.75, 3.05) is 31.5 Å². The minimum Gasteiger partial charge on any atom is -0.325 e. The van der Waals surface area contributed by atoms with Gasteiger partial charge in [0.15, 0.2) is 0 Å². The average Bonchev–Trinajstić information content (AvgIpc) is 2.95. The van der Waals surface area contributed by atoms with Crippen LogP contribution in [0.2, 0.25) is 0 Å². The maximum Gasteiger partial charge on any atom is 0.240 e. The molecule has 0 saturated carbocycles. The van der Waals surface area contributed by atoms with Crippen molar-refractivity contribution in [2.45, 2.75) is 60.5 Å². The number of sulfonamides is 1. The summed E-state index contributed by atoms with van der Waals surface area (Å²) in [6, 6.07) is 4.97. The fourth-order valence-corrected chi connectivity index (χ4v) is 5.70. The van der Waals surface area contributed by atoms with Crippen LogP contribution < -0.4 is 10.0 Å². The zero-order valence-electron chi connectivity index (χ0n) is 15.9. The van der Waals surface area contributed by atoms with Crippen LogP contribution in [0.25, 0.3) is 0 Å². The SMILES string of the molecule is CC1CC(=O)Nc2cc(S(=O)(=O)NCCCN3CCCCCC3)ccc2S1. The second kappa shape index (κ2) is 9.41. The van der Waals surface area contributed by atoms with Gasteiger partial charge < -0.3 is 10.2 Å². The number of amides is 1. The van der Waals surface area contributed by atoms with E-state index in [2.05, 4.69) is 14.9 Å². The van der Waals surface area contributed by atoms with Crippen LogP contribution in [0, 0.1) is 0 Å². The maximum absolute atomic E-state index is 12.6. The topological polar surface area (TPSA) is 78.5 Å². The van der Waals surface area contributed by atoms with Crippen molar-refractivity contribution >= 4 is 33.4 Å². The molecular weight excluding hydrogens is 382 g/mol. The van der Waals surface area contributed by atoms with E-state index >= 15 is 0 Å². The number of nitrogens with one attached hydrogen (secondary N) is 2. The molecule has 1 saturated heterocycles. The van der Waals surface area contributed by atoms with Gasteiger partial charge in [0.05, 0.1) is 10.6 Å². The minimum atomic E-state index is -3.58. The molecule has 8 heteroatoms. The van der Waals surface area contributed by atoms with E-state index < -0.39 is 10.0 Å². The van der Waals surface area contributed by atoms with Gasteiger partial charge in [-0.25, -0.2) is 13.1 Å². The number of hydrogen-bond acceptors (Lipinski definition) is 5. The van der Waals surface area contributed by atoms with Gasteiger partial charge >= 0.3 is 0 Å². The largest absolute Gasteiger partial charge is 0.325 e. The zero-order valence-corrected chi connectivity index (χ0v) is 17.5. The smallest absolute Gasteiger partial charge is 0.240 e. The van der Waals surface area contributed by atoms with E-state index in [4.69, 9.17) is 0 Å². The first-order valence-corrected chi connectivity index (χ1v) is 12.1. The maximum atomic E-state index is 12.6. The highest BCUT2D eigenvalue weighted by Crippen LogP contribution is 2.36. The second-order valence-electron chi connectivity index (χ2n) is 7.35. The molecule has 0 bridgehead atoms. The fraction of sp³-hybridized carbons (Fsp3) is 0.632. The van der Waals surface area contributed by atoms with Crippen molar-refractivity contribution in [3.8, 4) is 0 Å². The molecule has 2 heterocycles. The van der Waals surface area contributed by atoms with Crippen molar-refractivity contribution < 1.29 is 13.2 Å². The molecule has 0 aliphatic carbocycles. The van der Waals surface area contributed by atoms with Crippen LogP contribution in [-0.2, 0) is 14.8 Å². The first kappa shape index (κ1) is 20.6. The normalized spacial score (nSPS) is 21.8. The minimum absolute atomic E-state index is 0.0753. The Hall–Kier alpha value is -1.09. The van der Waals surface area contributed by atoms with Gasteiger partial charge in [-0.3, -0.25) is 4.79 Å². The van der Waals surface area contributed by atoms with Crippen LogP contribution in [0.4, 0.5) is 5.69 Å². The third-order valence-electron chi connectivity index (χ3n) is 4.98. The number of nitrogens with zero attached hydrogens (tertiary/aromatic N) is 1. The summed E-state index contributed by atoms with van der Waals surface area (Å²) in [6.45, 7) is 5.59. The Morgan fingerprint density at radius 2 is 1.96 bits per heavy atom. The van der Waals surface area contributed by atoms with E-state index in [1.807, 2.05) is 6.92 Å². The molecule has 150 valence electrons. The molecule has 1 aromatic rings. The van der Waals surface area contributed by atoms with Gasteiger partial charge in [-0.15, -0.1) is 11.8 Å². The summed E-state index contributed by atoms with van der Waals surface area (Å²) in [6.07, 6.45) is 6.31. The highest BCUT2D eigenvalue weighted by molar-refractivity contribution is 8.00. The number of thioether (sulfide) groups is 1. The predicted molar refractivity (Wildman–Crippen MR) is 110 cm³/mol. The molecule has 0 radical (unpaired) electrons. The van der Waals surface area contributed by atoms with Crippen LogP contribution in [-0.4, -0.2) is 50.7 Å². The van der Waals surface area contributed by atoms with E-state index in [0.29, 0.717) is 18.7 Å². The van der Waals surface area contributed by atoms with E-state index in [9.17, 15) is 13.2 Å². The lowest BCUT2D eigenvalue weighted by molar-refractivity contribution is -0.116. The van der Waals surface area contributed by atoms with E-state index in [1.54, 1.807) is 30.0 Å². The van der Waals surface area contributed by atoms with Crippen LogP contribution in [0.1, 0.15) is 45.4 Å². The number of rotatable bonds is 6. The van der Waals surface area contributed by atoms with Gasteiger partial charge in [0.2, 0.25) is 15.9 Å². The molecule has 6 nitrogen and oxygen atoms in total. The molecule has 2 aliphatic rings. The summed E-state index contributed by atoms with van der Waals surface area (Å²) in [4.78, 5) is 15.4. The van der Waals surface area contributed by atoms with Crippen molar-refractivity contribution in [3.63, 3.8) is 0 Å². The summed E-state index contributed by atoms with van der Waals surface area (Å²) in [7, 11) is -3.58. The van der Waals surface area contributed by atoms with Gasteiger partial charge in [0.25, 0.3) is 0 Å². The van der Waals surface area contributed by atoms with Gasteiger partial charge in [0.1, 0.15) is 0 Å². The molecule has 1 aromatic carbocycles.